The van der Waals surface area contributed by atoms with Crippen molar-refractivity contribution < 1.29 is 14.0 Å². The molecule has 4 nitrogen and oxygen atoms in total. The van der Waals surface area contributed by atoms with E-state index in [-0.39, 0.29) is 17.7 Å². The lowest BCUT2D eigenvalue weighted by Crippen LogP contribution is -2.27. The molecule has 0 unspecified atom stereocenters. The Morgan fingerprint density at radius 1 is 1.00 bits per heavy atom. The fourth-order valence-electron chi connectivity index (χ4n) is 3.80. The molecule has 5 rings (SSSR count). The minimum absolute atomic E-state index is 0.231. The number of imide groups is 1. The number of amides is 2. The maximum absolute atomic E-state index is 13.0. The van der Waals surface area contributed by atoms with Gasteiger partial charge in [-0.15, -0.1) is 0 Å². The number of carbonyl (C=O) groups excluding carboxylic acids is 2. The van der Waals surface area contributed by atoms with Crippen LogP contribution < -0.4 is 0 Å². The lowest BCUT2D eigenvalue weighted by Gasteiger charge is -2.14. The first-order valence-electron chi connectivity index (χ1n) is 10.1. The minimum atomic E-state index is -0.315. The summed E-state index contributed by atoms with van der Waals surface area (Å²) >= 11 is 7.05. The standard InChI is InChI=1S/C26H18ClNO3S/c1-16-9-10-19(27)13-22(16)23-12-11-20(31-23)14-24-25(29)28(26(30)32-24)15-18-7-4-6-17-5-2-3-8-21(17)18/h2-14H,15H2,1H3/b24-14-. The highest BCUT2D eigenvalue weighted by molar-refractivity contribution is 8.18. The van der Waals surface area contributed by atoms with E-state index in [1.54, 1.807) is 12.1 Å². The number of benzene rings is 3. The molecule has 0 radical (unpaired) electrons. The summed E-state index contributed by atoms with van der Waals surface area (Å²) < 4.78 is 5.93. The average molecular weight is 460 g/mol. The predicted molar refractivity (Wildman–Crippen MR) is 129 cm³/mol. The monoisotopic (exact) mass is 459 g/mol. The Kier molecular flexibility index (Phi) is 5.37. The smallest absolute Gasteiger partial charge is 0.293 e. The van der Waals surface area contributed by atoms with Gasteiger partial charge in [0, 0.05) is 16.7 Å². The predicted octanol–water partition coefficient (Wildman–Crippen LogP) is 7.30. The lowest BCUT2D eigenvalue weighted by atomic mass is 10.0. The molecule has 0 saturated carbocycles. The van der Waals surface area contributed by atoms with Crippen LogP contribution in [0, 0.1) is 6.92 Å². The molecule has 1 aromatic heterocycles. The van der Waals surface area contributed by atoms with Gasteiger partial charge in [-0.25, -0.2) is 0 Å². The number of aryl methyl sites for hydroxylation is 1. The van der Waals surface area contributed by atoms with Crippen LogP contribution in [0.3, 0.4) is 0 Å². The van der Waals surface area contributed by atoms with E-state index in [0.717, 1.165) is 39.2 Å². The quantitative estimate of drug-likeness (QED) is 0.300. The van der Waals surface area contributed by atoms with E-state index in [0.29, 0.717) is 21.4 Å². The number of fused-ring (bicyclic) bond motifs is 1. The molecule has 4 aromatic rings. The largest absolute Gasteiger partial charge is 0.457 e. The number of hydrogen-bond donors (Lipinski definition) is 0. The first-order valence-corrected chi connectivity index (χ1v) is 11.3. The second-order valence-corrected chi connectivity index (χ2v) is 9.00. The Bertz CT molecular complexity index is 1400. The van der Waals surface area contributed by atoms with Crippen LogP contribution in [0.4, 0.5) is 4.79 Å². The van der Waals surface area contributed by atoms with Crippen LogP contribution >= 0.6 is 23.4 Å². The lowest BCUT2D eigenvalue weighted by molar-refractivity contribution is -0.123. The molecule has 6 heteroatoms. The van der Waals surface area contributed by atoms with E-state index in [1.165, 1.54) is 4.90 Å². The second-order valence-electron chi connectivity index (χ2n) is 7.57. The fraction of sp³-hybridized carbons (Fsp3) is 0.0769. The van der Waals surface area contributed by atoms with Gasteiger partial charge >= 0.3 is 0 Å². The molecule has 0 bridgehead atoms. The summed E-state index contributed by atoms with van der Waals surface area (Å²) in [6.07, 6.45) is 1.62. The normalized spacial score (nSPS) is 15.3. The van der Waals surface area contributed by atoms with Gasteiger partial charge < -0.3 is 4.42 Å². The van der Waals surface area contributed by atoms with Crippen LogP contribution in [0.1, 0.15) is 16.9 Å². The molecule has 1 aliphatic rings. The van der Waals surface area contributed by atoms with Gasteiger partial charge in [-0.3, -0.25) is 14.5 Å². The summed E-state index contributed by atoms with van der Waals surface area (Å²) in [5.74, 6) is 0.853. The molecule has 158 valence electrons. The van der Waals surface area contributed by atoms with E-state index in [2.05, 4.69) is 0 Å². The molecule has 3 aromatic carbocycles. The van der Waals surface area contributed by atoms with Gasteiger partial charge in [-0.05, 0) is 64.9 Å². The summed E-state index contributed by atoms with van der Waals surface area (Å²) in [6, 6.07) is 23.1. The van der Waals surface area contributed by atoms with Crippen LogP contribution in [0.2, 0.25) is 5.02 Å². The summed E-state index contributed by atoms with van der Waals surface area (Å²) in [5, 5.41) is 2.45. The number of rotatable bonds is 4. The highest BCUT2D eigenvalue weighted by atomic mass is 35.5. The van der Waals surface area contributed by atoms with Crippen molar-refractivity contribution in [2.75, 3.05) is 0 Å². The molecular formula is C26H18ClNO3S. The first-order chi connectivity index (χ1) is 15.5. The van der Waals surface area contributed by atoms with Crippen LogP contribution in [-0.2, 0) is 11.3 Å². The van der Waals surface area contributed by atoms with Gasteiger partial charge in [0.05, 0.1) is 11.4 Å². The van der Waals surface area contributed by atoms with Crippen molar-refractivity contribution in [2.24, 2.45) is 0 Å². The van der Waals surface area contributed by atoms with Crippen molar-refractivity contribution in [1.82, 2.24) is 4.90 Å². The third-order valence-corrected chi connectivity index (χ3v) is 6.59. The molecule has 0 spiro atoms. The zero-order valence-electron chi connectivity index (χ0n) is 17.2. The number of furan rings is 1. The summed E-state index contributed by atoms with van der Waals surface area (Å²) in [7, 11) is 0. The molecular weight excluding hydrogens is 442 g/mol. The van der Waals surface area contributed by atoms with E-state index in [9.17, 15) is 9.59 Å². The third-order valence-electron chi connectivity index (χ3n) is 5.45. The van der Waals surface area contributed by atoms with Crippen LogP contribution in [0.25, 0.3) is 28.2 Å². The number of thioether (sulfide) groups is 1. The maximum atomic E-state index is 13.0. The summed E-state index contributed by atoms with van der Waals surface area (Å²) in [5.41, 5.74) is 2.86. The van der Waals surface area contributed by atoms with Gasteiger partial charge in [0.15, 0.2) is 0 Å². The second kappa shape index (κ2) is 8.34. The molecule has 0 atom stereocenters. The van der Waals surface area contributed by atoms with Crippen molar-refractivity contribution in [3.8, 4) is 11.3 Å². The van der Waals surface area contributed by atoms with Gasteiger partial charge in [-0.2, -0.15) is 0 Å². The summed E-state index contributed by atoms with van der Waals surface area (Å²) in [6.45, 7) is 2.21. The topological polar surface area (TPSA) is 50.5 Å². The Labute approximate surface area is 194 Å². The van der Waals surface area contributed by atoms with Crippen molar-refractivity contribution in [3.05, 3.63) is 99.6 Å². The maximum Gasteiger partial charge on any atom is 0.293 e. The van der Waals surface area contributed by atoms with E-state index < -0.39 is 0 Å². The Balaban J connectivity index is 1.40. The van der Waals surface area contributed by atoms with Crippen molar-refractivity contribution in [1.29, 1.82) is 0 Å². The highest BCUT2D eigenvalue weighted by Gasteiger charge is 2.35. The van der Waals surface area contributed by atoms with Gasteiger partial charge in [0.2, 0.25) is 0 Å². The molecule has 1 fully saturated rings. The van der Waals surface area contributed by atoms with Crippen molar-refractivity contribution >= 4 is 51.4 Å². The van der Waals surface area contributed by atoms with E-state index in [1.807, 2.05) is 73.7 Å². The van der Waals surface area contributed by atoms with E-state index >= 15 is 0 Å². The number of carbonyl (C=O) groups is 2. The molecule has 2 amide bonds. The molecule has 0 N–H and O–H groups in total. The van der Waals surface area contributed by atoms with Gasteiger partial charge in [-0.1, -0.05) is 60.1 Å². The fourth-order valence-corrected chi connectivity index (χ4v) is 4.79. The van der Waals surface area contributed by atoms with Crippen LogP contribution in [0.5, 0.6) is 0 Å². The van der Waals surface area contributed by atoms with Gasteiger partial charge in [0.25, 0.3) is 11.1 Å². The van der Waals surface area contributed by atoms with Crippen LogP contribution in [-0.4, -0.2) is 16.0 Å². The zero-order chi connectivity index (χ0) is 22.2. The Morgan fingerprint density at radius 2 is 1.81 bits per heavy atom. The minimum Gasteiger partial charge on any atom is -0.457 e. The number of halogens is 1. The number of nitrogens with zero attached hydrogens (tertiary/aromatic N) is 1. The highest BCUT2D eigenvalue weighted by Crippen LogP contribution is 2.35. The zero-order valence-corrected chi connectivity index (χ0v) is 18.7. The van der Waals surface area contributed by atoms with Crippen molar-refractivity contribution in [3.63, 3.8) is 0 Å². The molecule has 1 saturated heterocycles. The van der Waals surface area contributed by atoms with Gasteiger partial charge in [0.1, 0.15) is 11.5 Å². The van der Waals surface area contributed by atoms with E-state index in [4.69, 9.17) is 16.0 Å². The molecule has 2 heterocycles. The van der Waals surface area contributed by atoms with Crippen LogP contribution in [0.15, 0.2) is 82.1 Å². The third kappa shape index (κ3) is 3.85. The molecule has 32 heavy (non-hydrogen) atoms. The van der Waals surface area contributed by atoms with Crippen molar-refractivity contribution in [2.45, 2.75) is 13.5 Å². The Hall–Kier alpha value is -3.28. The summed E-state index contributed by atoms with van der Waals surface area (Å²) in [4.78, 5) is 27.2. The first kappa shape index (κ1) is 20.6. The SMILES string of the molecule is Cc1ccc(Cl)cc1-c1ccc(/C=C2\SC(=O)N(Cc3cccc4ccccc34)C2=O)o1. The number of hydrogen-bond acceptors (Lipinski definition) is 4. The Morgan fingerprint density at radius 3 is 2.69 bits per heavy atom. The molecule has 1 aliphatic heterocycles. The average Bonchev–Trinajstić information content (AvgIpc) is 3.36. The molecule has 0 aliphatic carbocycles.